The first-order valence-electron chi connectivity index (χ1n) is 15.6. The van der Waals surface area contributed by atoms with Crippen molar-refractivity contribution in [3.05, 3.63) is 94.6 Å². The van der Waals surface area contributed by atoms with Crippen LogP contribution in [0.5, 0.6) is 5.75 Å². The van der Waals surface area contributed by atoms with Gasteiger partial charge in [0.15, 0.2) is 0 Å². The summed E-state index contributed by atoms with van der Waals surface area (Å²) in [5, 5.41) is 20.5. The van der Waals surface area contributed by atoms with Crippen LogP contribution in [-0.2, 0) is 9.59 Å². The van der Waals surface area contributed by atoms with E-state index >= 15 is 4.39 Å². The van der Waals surface area contributed by atoms with Crippen molar-refractivity contribution in [2.45, 2.75) is 45.7 Å². The van der Waals surface area contributed by atoms with Gasteiger partial charge in [0.05, 0.1) is 47.4 Å². The number of piperazine rings is 1. The number of hydrogen-bond acceptors (Lipinski definition) is 7. The normalized spacial score (nSPS) is 21.1. The van der Waals surface area contributed by atoms with Crippen LogP contribution in [0.3, 0.4) is 0 Å². The molecule has 0 radical (unpaired) electrons. The zero-order valence-corrected chi connectivity index (χ0v) is 27.0. The molecule has 3 aliphatic heterocycles. The predicted molar refractivity (Wildman–Crippen MR) is 176 cm³/mol. The molecule has 0 bridgehead atoms. The third-order valence-corrected chi connectivity index (χ3v) is 8.90. The van der Waals surface area contributed by atoms with E-state index in [1.165, 1.54) is 24.3 Å². The molecule has 1 fully saturated rings. The number of aliphatic hydroxyl groups is 1. The summed E-state index contributed by atoms with van der Waals surface area (Å²) in [5.74, 6) is -0.774. The number of phenolic OH excluding ortho intramolecular Hbond substituents is 1. The highest BCUT2D eigenvalue weighted by Crippen LogP contribution is 2.42. The third kappa shape index (κ3) is 6.01. The molecule has 0 aliphatic carbocycles. The number of phenols is 1. The zero-order valence-electron chi connectivity index (χ0n) is 27.0. The van der Waals surface area contributed by atoms with E-state index in [1.54, 1.807) is 27.0 Å². The number of carbonyl (C=O) groups excluding carboxylic acids is 2. The van der Waals surface area contributed by atoms with Crippen molar-refractivity contribution >= 4 is 23.1 Å². The SMILES string of the molecule is C#C/C(=C(F)\C=C1/CN(c2c(C)ccnc2C(C)C)C(=O)C2=C1N1C[C@@H](C)N(C(=O)C=C)C[C@@H]1CN2CCO)c1c(O)cccc1F. The first-order valence-corrected chi connectivity index (χ1v) is 15.6. The molecule has 0 saturated carbocycles. The summed E-state index contributed by atoms with van der Waals surface area (Å²) in [4.78, 5) is 39.0. The summed E-state index contributed by atoms with van der Waals surface area (Å²) in [6, 6.07) is 4.83. The maximum Gasteiger partial charge on any atom is 0.277 e. The van der Waals surface area contributed by atoms with Crippen molar-refractivity contribution in [2.24, 2.45) is 0 Å². The number of carbonyl (C=O) groups is 2. The zero-order chi connectivity index (χ0) is 34.2. The molecule has 9 nitrogen and oxygen atoms in total. The van der Waals surface area contributed by atoms with Crippen LogP contribution in [0.2, 0.25) is 0 Å². The number of halogens is 2. The van der Waals surface area contributed by atoms with Gasteiger partial charge in [-0.15, -0.1) is 6.42 Å². The Kier molecular flexibility index (Phi) is 9.54. The molecule has 2 N–H and O–H groups in total. The summed E-state index contributed by atoms with van der Waals surface area (Å²) >= 11 is 0. The van der Waals surface area contributed by atoms with E-state index in [0.29, 0.717) is 42.3 Å². The Morgan fingerprint density at radius 2 is 1.98 bits per heavy atom. The lowest BCUT2D eigenvalue weighted by Gasteiger charge is -2.54. The molecular weight excluding hydrogens is 604 g/mol. The molecule has 47 heavy (non-hydrogen) atoms. The highest BCUT2D eigenvalue weighted by molar-refractivity contribution is 6.09. The number of fused-ring (bicyclic) bond motifs is 2. The van der Waals surface area contributed by atoms with Crippen molar-refractivity contribution in [3.8, 4) is 18.1 Å². The van der Waals surface area contributed by atoms with Gasteiger partial charge in [-0.05, 0) is 55.7 Å². The Labute approximate surface area is 273 Å². The van der Waals surface area contributed by atoms with Gasteiger partial charge in [-0.1, -0.05) is 32.4 Å². The summed E-state index contributed by atoms with van der Waals surface area (Å²) in [5.41, 5.74) is 2.25. The Balaban J connectivity index is 1.78. The number of benzene rings is 1. The molecular formula is C36H39F2N5O4. The van der Waals surface area contributed by atoms with E-state index in [-0.39, 0.29) is 55.2 Å². The summed E-state index contributed by atoms with van der Waals surface area (Å²) < 4.78 is 31.3. The number of anilines is 1. The van der Waals surface area contributed by atoms with Crippen LogP contribution in [0.25, 0.3) is 5.57 Å². The van der Waals surface area contributed by atoms with Crippen molar-refractivity contribution in [1.29, 1.82) is 0 Å². The molecule has 1 aromatic heterocycles. The van der Waals surface area contributed by atoms with Gasteiger partial charge in [0.2, 0.25) is 5.91 Å². The third-order valence-electron chi connectivity index (χ3n) is 8.90. The minimum absolute atomic E-state index is 0.0465. The number of terminal acetylenes is 1. The number of nitrogens with zero attached hydrogens (tertiary/aromatic N) is 5. The number of aliphatic hydroxyl groups excluding tert-OH is 1. The van der Waals surface area contributed by atoms with Crippen LogP contribution < -0.4 is 4.90 Å². The number of aryl methyl sites for hydroxylation is 1. The summed E-state index contributed by atoms with van der Waals surface area (Å²) in [6.45, 7) is 12.1. The maximum absolute atomic E-state index is 16.4. The second-order valence-corrected chi connectivity index (χ2v) is 12.3. The Morgan fingerprint density at radius 3 is 2.62 bits per heavy atom. The van der Waals surface area contributed by atoms with Crippen LogP contribution in [-0.4, -0.2) is 93.1 Å². The molecule has 0 unspecified atom stereocenters. The Morgan fingerprint density at radius 1 is 1.23 bits per heavy atom. The lowest BCUT2D eigenvalue weighted by atomic mass is 9.91. The first-order chi connectivity index (χ1) is 22.4. The van der Waals surface area contributed by atoms with Gasteiger partial charge in [-0.25, -0.2) is 8.78 Å². The van der Waals surface area contributed by atoms with Gasteiger partial charge in [0, 0.05) is 44.0 Å². The van der Waals surface area contributed by atoms with Crippen LogP contribution >= 0.6 is 0 Å². The number of aromatic hydroxyl groups is 1. The minimum atomic E-state index is -0.972. The molecule has 246 valence electrons. The average Bonchev–Trinajstić information content (AvgIpc) is 3.03. The topological polar surface area (TPSA) is 100 Å². The van der Waals surface area contributed by atoms with Crippen LogP contribution in [0.1, 0.15) is 43.5 Å². The summed E-state index contributed by atoms with van der Waals surface area (Å²) in [6.07, 6.45) is 9.85. The van der Waals surface area contributed by atoms with Crippen molar-refractivity contribution < 1.29 is 28.6 Å². The predicted octanol–water partition coefficient (Wildman–Crippen LogP) is 4.25. The molecule has 2 aromatic rings. The van der Waals surface area contributed by atoms with Gasteiger partial charge in [0.25, 0.3) is 5.91 Å². The lowest BCUT2D eigenvalue weighted by molar-refractivity contribution is -0.132. The van der Waals surface area contributed by atoms with Gasteiger partial charge in [-0.3, -0.25) is 14.6 Å². The second kappa shape index (κ2) is 13.4. The highest BCUT2D eigenvalue weighted by atomic mass is 19.1. The van der Waals surface area contributed by atoms with Gasteiger partial charge < -0.3 is 29.8 Å². The van der Waals surface area contributed by atoms with E-state index in [9.17, 15) is 24.2 Å². The molecule has 2 atom stereocenters. The van der Waals surface area contributed by atoms with E-state index in [2.05, 4.69) is 17.5 Å². The van der Waals surface area contributed by atoms with E-state index in [4.69, 9.17) is 6.42 Å². The fourth-order valence-corrected chi connectivity index (χ4v) is 6.75. The maximum atomic E-state index is 16.4. The first kappa shape index (κ1) is 33.4. The van der Waals surface area contributed by atoms with Gasteiger partial charge >= 0.3 is 0 Å². The van der Waals surface area contributed by atoms with E-state index < -0.39 is 28.5 Å². The Bertz CT molecular complexity index is 1740. The van der Waals surface area contributed by atoms with Crippen LogP contribution in [0, 0.1) is 25.1 Å². The van der Waals surface area contributed by atoms with Crippen LogP contribution in [0.15, 0.2) is 72.0 Å². The second-order valence-electron chi connectivity index (χ2n) is 12.3. The molecule has 1 aromatic carbocycles. The molecule has 1 saturated heterocycles. The number of β-amino-alcohol motifs (C(OH)–C–C–N with tert-alkyl or cyclic N) is 1. The molecule has 5 rings (SSSR count). The van der Waals surface area contributed by atoms with Crippen molar-refractivity contribution in [3.63, 3.8) is 0 Å². The number of amides is 2. The van der Waals surface area contributed by atoms with Gasteiger partial charge in [-0.2, -0.15) is 0 Å². The molecule has 4 heterocycles. The standard InChI is InChI=1S/C36H39F2N5O4/c1-7-26(31-27(37)10-9-11-29(31)45)28(38)16-24-18-43(33-22(5)12-13-39-32(33)21(3)4)36(47)35-34(24)42-17-23(6)41(30(46)8-2)20-25(42)19-40(35)14-15-44/h1,8-13,16,21,23,25,44-45H,2,14-15,17-20H2,3-6H3/b24-16+,28-26-/t23-,25+/m1/s1. The number of hydrogen-bond donors (Lipinski definition) is 2. The highest BCUT2D eigenvalue weighted by Gasteiger charge is 2.46. The lowest BCUT2D eigenvalue weighted by Crippen LogP contribution is -2.65. The number of rotatable bonds is 7. The smallest absolute Gasteiger partial charge is 0.277 e. The monoisotopic (exact) mass is 643 g/mol. The number of pyridine rings is 1. The molecule has 0 spiro atoms. The van der Waals surface area contributed by atoms with E-state index in [1.807, 2.05) is 32.6 Å². The van der Waals surface area contributed by atoms with E-state index in [0.717, 1.165) is 11.6 Å². The molecule has 11 heteroatoms. The molecule has 2 amide bonds. The minimum Gasteiger partial charge on any atom is -0.507 e. The van der Waals surface area contributed by atoms with Crippen LogP contribution in [0.4, 0.5) is 14.5 Å². The van der Waals surface area contributed by atoms with Crippen molar-refractivity contribution in [1.82, 2.24) is 19.7 Å². The summed E-state index contributed by atoms with van der Waals surface area (Å²) in [7, 11) is 0. The average molecular weight is 644 g/mol. The largest absolute Gasteiger partial charge is 0.507 e. The van der Waals surface area contributed by atoms with Gasteiger partial charge in [0.1, 0.15) is 23.1 Å². The van der Waals surface area contributed by atoms with Crippen molar-refractivity contribution in [2.75, 3.05) is 44.2 Å². The fraction of sp³-hybridized carbons (Fsp3) is 0.361. The molecule has 3 aliphatic rings. The quantitative estimate of drug-likeness (QED) is 0.344. The number of aromatic nitrogens is 1. The number of allylic oxidation sites excluding steroid dienone is 3. The Hall–Kier alpha value is -4.95. The fourth-order valence-electron chi connectivity index (χ4n) is 6.75.